The zero-order valence-corrected chi connectivity index (χ0v) is 13.0. The van der Waals surface area contributed by atoms with Crippen LogP contribution in [0.3, 0.4) is 0 Å². The van der Waals surface area contributed by atoms with Crippen LogP contribution >= 0.6 is 0 Å². The predicted molar refractivity (Wildman–Crippen MR) is 83.5 cm³/mol. The Hall–Kier alpha value is -0.980. The molecule has 0 heterocycles. The maximum atomic E-state index is 4.25. The lowest BCUT2D eigenvalue weighted by atomic mass is 9.83. The zero-order chi connectivity index (χ0) is 14.3. The Morgan fingerprint density at radius 2 is 1.61 bits per heavy atom. The lowest BCUT2D eigenvalue weighted by Gasteiger charge is -2.24. The minimum Gasteiger partial charge on any atom is -0.388 e. The molecule has 2 atom stereocenters. The maximum absolute atomic E-state index is 4.25. The summed E-state index contributed by atoms with van der Waals surface area (Å²) in [4.78, 5) is 0. The van der Waals surface area contributed by atoms with Crippen molar-refractivity contribution in [2.45, 2.75) is 47.5 Å². The van der Waals surface area contributed by atoms with E-state index < -0.39 is 0 Å². The van der Waals surface area contributed by atoms with Crippen molar-refractivity contribution in [1.29, 1.82) is 0 Å². The van der Waals surface area contributed by atoms with Crippen molar-refractivity contribution in [2.75, 3.05) is 6.54 Å². The topological polar surface area (TPSA) is 12.0 Å². The zero-order valence-electron chi connectivity index (χ0n) is 13.0. The highest BCUT2D eigenvalue weighted by atomic mass is 14.9. The Balaban J connectivity index is 4.31. The van der Waals surface area contributed by atoms with E-state index in [1.54, 1.807) is 0 Å². The summed E-state index contributed by atoms with van der Waals surface area (Å²) in [6.07, 6.45) is 2.27. The van der Waals surface area contributed by atoms with Crippen molar-refractivity contribution in [3.8, 4) is 0 Å². The molecule has 1 N–H and O–H groups in total. The van der Waals surface area contributed by atoms with Gasteiger partial charge in [0.25, 0.3) is 0 Å². The Morgan fingerprint density at radius 3 is 2.00 bits per heavy atom. The van der Waals surface area contributed by atoms with E-state index in [9.17, 15) is 0 Å². The molecule has 2 unspecified atom stereocenters. The van der Waals surface area contributed by atoms with Gasteiger partial charge in [-0.1, -0.05) is 51.7 Å². The van der Waals surface area contributed by atoms with Gasteiger partial charge in [-0.15, -0.1) is 0 Å². The average Bonchev–Trinajstić information content (AvgIpc) is 2.23. The van der Waals surface area contributed by atoms with Crippen LogP contribution in [0.2, 0.25) is 0 Å². The molecule has 1 heteroatoms. The van der Waals surface area contributed by atoms with E-state index in [1.807, 2.05) is 6.92 Å². The van der Waals surface area contributed by atoms with Gasteiger partial charge in [-0.3, -0.25) is 0 Å². The average molecular weight is 249 g/mol. The van der Waals surface area contributed by atoms with E-state index in [1.165, 1.54) is 17.6 Å². The lowest BCUT2D eigenvalue weighted by Crippen LogP contribution is -2.21. The summed E-state index contributed by atoms with van der Waals surface area (Å²) >= 11 is 0. The first-order chi connectivity index (χ1) is 8.23. The number of allylic oxidation sites excluding steroid dienone is 2. The summed E-state index contributed by atoms with van der Waals surface area (Å²) in [5, 5.41) is 3.29. The van der Waals surface area contributed by atoms with Crippen LogP contribution in [0.5, 0.6) is 0 Å². The SMILES string of the molecule is C=C(C)NCC(C)C(=C)CC(CC(C)C)C(=C)C. The molecule has 1 nitrogen and oxygen atoms in total. The molecule has 0 aromatic carbocycles. The number of nitrogens with one attached hydrogen (secondary N) is 1. The van der Waals surface area contributed by atoms with Crippen LogP contribution in [0.1, 0.15) is 47.5 Å². The highest BCUT2D eigenvalue weighted by Gasteiger charge is 2.16. The van der Waals surface area contributed by atoms with Crippen LogP contribution in [0, 0.1) is 17.8 Å². The van der Waals surface area contributed by atoms with E-state index >= 15 is 0 Å². The highest BCUT2D eigenvalue weighted by molar-refractivity contribution is 5.08. The number of hydrogen-bond acceptors (Lipinski definition) is 1. The molecule has 18 heavy (non-hydrogen) atoms. The predicted octanol–water partition coefficient (Wildman–Crippen LogP) is 4.93. The van der Waals surface area contributed by atoms with Crippen molar-refractivity contribution in [2.24, 2.45) is 17.8 Å². The number of rotatable bonds is 9. The molecule has 0 radical (unpaired) electrons. The Kier molecular flexibility index (Phi) is 7.73. The summed E-state index contributed by atoms with van der Waals surface area (Å²) in [6, 6.07) is 0. The fraction of sp³-hybridized carbons (Fsp3) is 0.647. The second-order valence-electron chi connectivity index (χ2n) is 6.10. The fourth-order valence-electron chi connectivity index (χ4n) is 2.02. The van der Waals surface area contributed by atoms with Crippen LogP contribution in [0.15, 0.2) is 36.6 Å². The molecule has 0 saturated carbocycles. The molecule has 0 rings (SSSR count). The van der Waals surface area contributed by atoms with Gasteiger partial charge < -0.3 is 5.32 Å². The Morgan fingerprint density at radius 1 is 1.06 bits per heavy atom. The van der Waals surface area contributed by atoms with Crippen LogP contribution in [0.4, 0.5) is 0 Å². The standard InChI is InChI=1S/C17H31N/c1-12(2)9-17(13(3)4)10-15(7)16(8)11-18-14(5)6/h12,16-18H,3,5,7,9-11H2,1-2,4,6,8H3. The normalized spacial score (nSPS) is 14.1. The minimum atomic E-state index is 0.482. The summed E-state index contributed by atoms with van der Waals surface area (Å²) in [5.74, 6) is 1.77. The lowest BCUT2D eigenvalue weighted by molar-refractivity contribution is 0.439. The molecule has 0 fully saturated rings. The Labute approximate surface area is 114 Å². The number of hydrogen-bond donors (Lipinski definition) is 1. The summed E-state index contributed by atoms with van der Waals surface area (Å²) < 4.78 is 0. The van der Waals surface area contributed by atoms with Gasteiger partial charge in [0.15, 0.2) is 0 Å². The summed E-state index contributed by atoms with van der Waals surface area (Å²) in [5.41, 5.74) is 3.62. The Bertz CT molecular complexity index is 299. The van der Waals surface area contributed by atoms with Gasteiger partial charge in [-0.25, -0.2) is 0 Å². The molecule has 0 aromatic rings. The summed E-state index contributed by atoms with van der Waals surface area (Å²) in [6.45, 7) is 24.1. The maximum Gasteiger partial charge on any atom is 0.0206 e. The smallest absolute Gasteiger partial charge is 0.0206 e. The quantitative estimate of drug-likeness (QED) is 0.571. The second-order valence-corrected chi connectivity index (χ2v) is 6.10. The van der Waals surface area contributed by atoms with Gasteiger partial charge in [0, 0.05) is 12.2 Å². The third kappa shape index (κ3) is 7.37. The van der Waals surface area contributed by atoms with E-state index in [0.717, 1.165) is 18.7 Å². The largest absolute Gasteiger partial charge is 0.388 e. The molecule has 0 bridgehead atoms. The van der Waals surface area contributed by atoms with Crippen LogP contribution < -0.4 is 5.32 Å². The molecule has 0 saturated heterocycles. The molecule has 0 aliphatic carbocycles. The molecule has 0 aromatic heterocycles. The molecular formula is C17H31N. The first kappa shape index (κ1) is 17.0. The van der Waals surface area contributed by atoms with E-state index in [2.05, 4.69) is 52.7 Å². The van der Waals surface area contributed by atoms with Crippen molar-refractivity contribution in [1.82, 2.24) is 5.32 Å². The molecule has 0 aliphatic heterocycles. The third-order valence-electron chi connectivity index (χ3n) is 3.37. The molecular weight excluding hydrogens is 218 g/mol. The molecule has 0 spiro atoms. The van der Waals surface area contributed by atoms with Crippen molar-refractivity contribution >= 4 is 0 Å². The van der Waals surface area contributed by atoms with Crippen molar-refractivity contribution in [3.63, 3.8) is 0 Å². The van der Waals surface area contributed by atoms with Gasteiger partial charge in [0.1, 0.15) is 0 Å². The van der Waals surface area contributed by atoms with Gasteiger partial charge in [0.05, 0.1) is 0 Å². The van der Waals surface area contributed by atoms with E-state index in [-0.39, 0.29) is 0 Å². The second kappa shape index (κ2) is 8.18. The third-order valence-corrected chi connectivity index (χ3v) is 3.37. The van der Waals surface area contributed by atoms with Gasteiger partial charge >= 0.3 is 0 Å². The van der Waals surface area contributed by atoms with E-state index in [4.69, 9.17) is 0 Å². The summed E-state index contributed by atoms with van der Waals surface area (Å²) in [7, 11) is 0. The molecule has 0 aliphatic rings. The van der Waals surface area contributed by atoms with Gasteiger partial charge in [-0.05, 0) is 44.4 Å². The van der Waals surface area contributed by atoms with Crippen LogP contribution in [-0.2, 0) is 0 Å². The van der Waals surface area contributed by atoms with Crippen LogP contribution in [-0.4, -0.2) is 6.54 Å². The van der Waals surface area contributed by atoms with Gasteiger partial charge in [0.2, 0.25) is 0 Å². The van der Waals surface area contributed by atoms with E-state index in [0.29, 0.717) is 17.8 Å². The highest BCUT2D eigenvalue weighted by Crippen LogP contribution is 2.27. The van der Waals surface area contributed by atoms with Crippen LogP contribution in [0.25, 0.3) is 0 Å². The fourth-order valence-corrected chi connectivity index (χ4v) is 2.02. The van der Waals surface area contributed by atoms with Gasteiger partial charge in [-0.2, -0.15) is 0 Å². The monoisotopic (exact) mass is 249 g/mol. The molecule has 0 amide bonds. The molecule has 104 valence electrons. The first-order valence-corrected chi connectivity index (χ1v) is 6.96. The minimum absolute atomic E-state index is 0.482. The van der Waals surface area contributed by atoms with Crippen molar-refractivity contribution in [3.05, 3.63) is 36.6 Å². The first-order valence-electron chi connectivity index (χ1n) is 6.96. The van der Waals surface area contributed by atoms with Crippen molar-refractivity contribution < 1.29 is 0 Å².